The molecule has 124 valence electrons. The second-order valence-electron chi connectivity index (χ2n) is 6.58. The van der Waals surface area contributed by atoms with Crippen molar-refractivity contribution >= 4 is 5.69 Å². The second kappa shape index (κ2) is 6.77. The van der Waals surface area contributed by atoms with Gasteiger partial charge in [0.2, 0.25) is 0 Å². The highest BCUT2D eigenvalue weighted by Gasteiger charge is 2.29. The molecular weight excluding hydrogens is 290 g/mol. The van der Waals surface area contributed by atoms with E-state index in [0.29, 0.717) is 19.8 Å². The van der Waals surface area contributed by atoms with Crippen LogP contribution in [-0.4, -0.2) is 32.2 Å². The molecule has 1 fully saturated rings. The summed E-state index contributed by atoms with van der Waals surface area (Å²) in [4.78, 5) is 2.19. The Morgan fingerprint density at radius 1 is 1.17 bits per heavy atom. The normalized spacial score (nSPS) is 21.6. The Morgan fingerprint density at radius 3 is 2.57 bits per heavy atom. The lowest BCUT2D eigenvalue weighted by Crippen LogP contribution is -2.41. The van der Waals surface area contributed by atoms with Gasteiger partial charge in [0.25, 0.3) is 0 Å². The Morgan fingerprint density at radius 2 is 1.87 bits per heavy atom. The number of hydrogen-bond acceptors (Lipinski definition) is 4. The lowest BCUT2D eigenvalue weighted by atomic mass is 10.1. The number of rotatable bonds is 4. The number of allylic oxidation sites excluding steroid dienone is 2. The van der Waals surface area contributed by atoms with E-state index >= 15 is 0 Å². The summed E-state index contributed by atoms with van der Waals surface area (Å²) in [6, 6.07) is 10.3. The number of anilines is 1. The molecule has 0 bridgehead atoms. The smallest absolute Gasteiger partial charge is 0.162 e. The molecule has 2 aliphatic heterocycles. The number of nitrogens with zero attached hydrogens (tertiary/aromatic N) is 1. The van der Waals surface area contributed by atoms with Gasteiger partial charge in [-0.15, -0.1) is 0 Å². The minimum absolute atomic E-state index is 0.277. The molecule has 1 aromatic carbocycles. The summed E-state index contributed by atoms with van der Waals surface area (Å²) in [6.45, 7) is 8.71. The van der Waals surface area contributed by atoms with E-state index in [9.17, 15) is 0 Å². The Labute approximate surface area is 138 Å². The quantitative estimate of drug-likeness (QED) is 0.847. The zero-order chi connectivity index (χ0) is 16.3. The van der Waals surface area contributed by atoms with Crippen molar-refractivity contribution in [2.45, 2.75) is 26.6 Å². The molecule has 0 unspecified atom stereocenters. The fraction of sp³-hybridized carbons (Fsp3) is 0.474. The molecule has 0 aromatic heterocycles. The van der Waals surface area contributed by atoms with Crippen LogP contribution < -0.4 is 4.90 Å². The predicted octanol–water partition coefficient (Wildman–Crippen LogP) is 3.71. The van der Waals surface area contributed by atoms with Crippen LogP contribution in [0.5, 0.6) is 0 Å². The largest absolute Gasteiger partial charge is 0.495 e. The second-order valence-corrected chi connectivity index (χ2v) is 6.58. The van der Waals surface area contributed by atoms with Gasteiger partial charge in [0.15, 0.2) is 5.79 Å². The van der Waals surface area contributed by atoms with Crippen molar-refractivity contribution in [3.05, 3.63) is 53.9 Å². The fourth-order valence-electron chi connectivity index (χ4n) is 2.62. The third-order valence-corrected chi connectivity index (χ3v) is 4.17. The van der Waals surface area contributed by atoms with Gasteiger partial charge in [-0.3, -0.25) is 0 Å². The van der Waals surface area contributed by atoms with Crippen molar-refractivity contribution in [3.8, 4) is 0 Å². The predicted molar refractivity (Wildman–Crippen MR) is 91.1 cm³/mol. The first-order valence-corrected chi connectivity index (χ1v) is 8.14. The first-order valence-electron chi connectivity index (χ1n) is 8.14. The summed E-state index contributed by atoms with van der Waals surface area (Å²) < 4.78 is 17.5. The average Bonchev–Trinajstić information content (AvgIpc) is 2.56. The Bertz CT molecular complexity index is 582. The van der Waals surface area contributed by atoms with Gasteiger partial charge in [0.05, 0.1) is 26.4 Å². The third-order valence-electron chi connectivity index (χ3n) is 4.17. The molecule has 3 rings (SSSR count). The highest BCUT2D eigenvalue weighted by atomic mass is 16.7. The topological polar surface area (TPSA) is 30.9 Å². The first-order chi connectivity index (χ1) is 11.0. The summed E-state index contributed by atoms with van der Waals surface area (Å²) in [5.74, 6) is 0.823. The Hall–Kier alpha value is -1.78. The highest BCUT2D eigenvalue weighted by molar-refractivity contribution is 5.52. The number of para-hydroxylation sites is 1. The van der Waals surface area contributed by atoms with Crippen molar-refractivity contribution in [3.63, 3.8) is 0 Å². The van der Waals surface area contributed by atoms with Crippen LogP contribution in [0.25, 0.3) is 0 Å². The van der Waals surface area contributed by atoms with Gasteiger partial charge in [-0.25, -0.2) is 0 Å². The summed E-state index contributed by atoms with van der Waals surface area (Å²) in [5.41, 5.74) is 2.35. The third kappa shape index (κ3) is 4.15. The van der Waals surface area contributed by atoms with Gasteiger partial charge in [0, 0.05) is 17.8 Å². The molecule has 0 spiro atoms. The minimum Gasteiger partial charge on any atom is -0.495 e. The van der Waals surface area contributed by atoms with Crippen LogP contribution >= 0.6 is 0 Å². The molecule has 4 nitrogen and oxygen atoms in total. The van der Waals surface area contributed by atoms with Crippen LogP contribution in [0.3, 0.4) is 0 Å². The Kier molecular flexibility index (Phi) is 4.74. The molecule has 1 aromatic rings. The molecule has 0 N–H and O–H groups in total. The summed E-state index contributed by atoms with van der Waals surface area (Å²) in [6.07, 6.45) is 4.20. The van der Waals surface area contributed by atoms with E-state index in [1.54, 1.807) is 0 Å². The first kappa shape index (κ1) is 16.1. The van der Waals surface area contributed by atoms with Crippen LogP contribution in [0.15, 0.2) is 53.9 Å². The summed E-state index contributed by atoms with van der Waals surface area (Å²) in [7, 11) is 0. The highest BCUT2D eigenvalue weighted by Crippen LogP contribution is 2.24. The van der Waals surface area contributed by atoms with Gasteiger partial charge in [0.1, 0.15) is 5.76 Å². The zero-order valence-corrected chi connectivity index (χ0v) is 14.1. The molecule has 0 atom stereocenters. The summed E-state index contributed by atoms with van der Waals surface area (Å²) in [5, 5.41) is 0. The maximum absolute atomic E-state index is 6.08. The van der Waals surface area contributed by atoms with Crippen molar-refractivity contribution in [1.82, 2.24) is 0 Å². The number of hydrogen-bond donors (Lipinski definition) is 0. The fourth-order valence-corrected chi connectivity index (χ4v) is 2.62. The van der Waals surface area contributed by atoms with E-state index in [1.165, 1.54) is 11.3 Å². The molecule has 0 amide bonds. The van der Waals surface area contributed by atoms with Gasteiger partial charge < -0.3 is 19.1 Å². The lowest BCUT2D eigenvalue weighted by molar-refractivity contribution is -0.265. The maximum atomic E-state index is 6.08. The lowest BCUT2D eigenvalue weighted by Gasteiger charge is -2.35. The number of ether oxygens (including phenoxy) is 3. The van der Waals surface area contributed by atoms with Crippen molar-refractivity contribution in [2.24, 2.45) is 5.92 Å². The van der Waals surface area contributed by atoms with E-state index in [0.717, 1.165) is 12.3 Å². The molecule has 1 saturated heterocycles. The number of benzene rings is 1. The zero-order valence-electron chi connectivity index (χ0n) is 14.1. The maximum Gasteiger partial charge on any atom is 0.162 e. The van der Waals surface area contributed by atoms with Crippen LogP contribution in [-0.2, 0) is 14.2 Å². The Balaban J connectivity index is 1.56. The van der Waals surface area contributed by atoms with Crippen LogP contribution in [0.4, 0.5) is 5.69 Å². The molecule has 2 aliphatic rings. The van der Waals surface area contributed by atoms with E-state index in [1.807, 2.05) is 32.0 Å². The molecule has 4 heteroatoms. The van der Waals surface area contributed by atoms with Crippen molar-refractivity contribution in [1.29, 1.82) is 0 Å². The average molecular weight is 315 g/mol. The summed E-state index contributed by atoms with van der Waals surface area (Å²) >= 11 is 0. The van der Waals surface area contributed by atoms with Crippen molar-refractivity contribution in [2.75, 3.05) is 31.3 Å². The van der Waals surface area contributed by atoms with E-state index in [4.69, 9.17) is 14.2 Å². The van der Waals surface area contributed by atoms with E-state index in [-0.39, 0.29) is 5.92 Å². The molecule has 0 radical (unpaired) electrons. The molecule has 23 heavy (non-hydrogen) atoms. The molecule has 0 aliphatic carbocycles. The van der Waals surface area contributed by atoms with Crippen LogP contribution in [0, 0.1) is 5.92 Å². The van der Waals surface area contributed by atoms with Gasteiger partial charge in [-0.1, -0.05) is 18.2 Å². The van der Waals surface area contributed by atoms with Crippen molar-refractivity contribution < 1.29 is 14.2 Å². The van der Waals surface area contributed by atoms with Gasteiger partial charge in [-0.05, 0) is 44.6 Å². The van der Waals surface area contributed by atoms with E-state index < -0.39 is 5.79 Å². The molecular formula is C19H25NO3. The monoisotopic (exact) mass is 315 g/mol. The van der Waals surface area contributed by atoms with Crippen LogP contribution in [0.1, 0.15) is 20.8 Å². The van der Waals surface area contributed by atoms with E-state index in [2.05, 4.69) is 36.2 Å². The van der Waals surface area contributed by atoms with Crippen LogP contribution in [0.2, 0.25) is 0 Å². The van der Waals surface area contributed by atoms with Gasteiger partial charge >= 0.3 is 0 Å². The molecule has 2 heterocycles. The SMILES string of the molecule is CC1=C(OCC2COC(C)(C)OC2)CN(c2ccccc2)C=C1. The van der Waals surface area contributed by atoms with Gasteiger partial charge in [-0.2, -0.15) is 0 Å². The standard InChI is InChI=1S/C19H25NO3/c1-15-9-10-20(17-7-5-4-6-8-17)11-18(15)21-12-16-13-22-19(2,3)23-14-16/h4-10,16H,11-14H2,1-3H3. The minimum atomic E-state index is -0.469. The molecule has 0 saturated carbocycles.